The number of benzene rings is 4. The van der Waals surface area contributed by atoms with Crippen LogP contribution in [0.2, 0.25) is 0 Å². The lowest BCUT2D eigenvalue weighted by Crippen LogP contribution is -2.27. The summed E-state index contributed by atoms with van der Waals surface area (Å²) in [6.45, 7) is 10.7. The Kier molecular flexibility index (Phi) is 14.7. The molecule has 2 aliphatic rings. The molecule has 4 heterocycles. The van der Waals surface area contributed by atoms with Crippen molar-refractivity contribution in [2.45, 2.75) is 78.4 Å². The number of aryl methyl sites for hydroxylation is 2. The highest BCUT2D eigenvalue weighted by Gasteiger charge is 2.38. The van der Waals surface area contributed by atoms with Gasteiger partial charge in [0.15, 0.2) is 5.75 Å². The van der Waals surface area contributed by atoms with Crippen molar-refractivity contribution in [2.24, 2.45) is 0 Å². The average molecular weight is 1020 g/mol. The van der Waals surface area contributed by atoms with Crippen LogP contribution in [0.1, 0.15) is 119 Å². The molecule has 3 atom stereocenters. The Balaban J connectivity index is 0.000000209. The van der Waals surface area contributed by atoms with Gasteiger partial charge in [0.05, 0.1) is 35.4 Å². The first-order valence-corrected chi connectivity index (χ1v) is 24.7. The van der Waals surface area contributed by atoms with Crippen molar-refractivity contribution in [1.82, 2.24) is 28.8 Å². The molecule has 0 bridgehead atoms. The molecule has 6 aromatic rings. The number of carbonyl (C=O) groups excluding carboxylic acids is 2. The second-order valence-corrected chi connectivity index (χ2v) is 19.8. The van der Waals surface area contributed by atoms with Crippen molar-refractivity contribution >= 4 is 49.9 Å². The predicted molar refractivity (Wildman–Crippen MR) is 248 cm³/mol. The van der Waals surface area contributed by atoms with E-state index in [0.29, 0.717) is 11.1 Å². The minimum Gasteiger partial charge on any atom is -0.493 e. The summed E-state index contributed by atoms with van der Waals surface area (Å²) >= 11 is 0. The van der Waals surface area contributed by atoms with Gasteiger partial charge in [0.1, 0.15) is 80.9 Å². The fourth-order valence-electron chi connectivity index (χ4n) is 8.70. The zero-order valence-corrected chi connectivity index (χ0v) is 41.7. The molecular weight excluding hydrogens is 966 g/mol. The third-order valence-corrected chi connectivity index (χ3v) is 12.9. The molecule has 2 aromatic heterocycles. The van der Waals surface area contributed by atoms with Crippen LogP contribution in [0.3, 0.4) is 0 Å². The summed E-state index contributed by atoms with van der Waals surface area (Å²) in [5.41, 5.74) is 2.18. The fourth-order valence-corrected chi connectivity index (χ4v) is 9.97. The fraction of sp³-hybridized carbons (Fsp3) is 0.391. The third-order valence-electron chi connectivity index (χ3n) is 11.5. The summed E-state index contributed by atoms with van der Waals surface area (Å²) in [6, 6.07) is 6.59. The van der Waals surface area contributed by atoms with Crippen molar-refractivity contribution < 1.29 is 74.5 Å². The molecule has 70 heavy (non-hydrogen) atoms. The number of rotatable bonds is 11. The first kappa shape index (κ1) is 51.7. The van der Waals surface area contributed by atoms with Crippen LogP contribution in [-0.4, -0.2) is 96.7 Å². The van der Waals surface area contributed by atoms with Gasteiger partial charge in [0, 0.05) is 76.4 Å². The summed E-state index contributed by atoms with van der Waals surface area (Å²) in [5.74, 6) is -3.97. The number of hydrogen-bond donors (Lipinski definition) is 3. The highest BCUT2D eigenvalue weighted by atomic mass is 31.2. The van der Waals surface area contributed by atoms with E-state index in [1.54, 1.807) is 35.1 Å². The van der Waals surface area contributed by atoms with Gasteiger partial charge in [-0.3, -0.25) is 9.59 Å². The number of imidazole rings is 2. The van der Waals surface area contributed by atoms with E-state index in [1.807, 2.05) is 27.7 Å². The second kappa shape index (κ2) is 19.9. The van der Waals surface area contributed by atoms with Gasteiger partial charge in [-0.2, -0.15) is 4.73 Å². The number of aromatic nitrogens is 4. The molecule has 18 nitrogen and oxygen atoms in total. The summed E-state index contributed by atoms with van der Waals surface area (Å²) < 4.78 is 111. The van der Waals surface area contributed by atoms with Gasteiger partial charge in [0.25, 0.3) is 11.8 Å². The summed E-state index contributed by atoms with van der Waals surface area (Å²) in [4.78, 5) is 67.7. The number of hydrogen-bond acceptors (Lipinski definition) is 11. The standard InChI is InChI=1S/C26H32F2N3O6P.C20H20F2N3O6P/c1-12(2)19-22(26(32)30(6)7)20(13(3)4)25(23-24(19)31(14(5)29-23)38(33,34)35)37-17-8-9-36-18-11-15(27)10-16(28)21(17)18;1-10-23-19-14(25(10)31-32(27)28)6-11(20(26)24(2)3)7-17(19)30-15-4-5-29-16-9-12(21)8-13(22)18(15)16/h10-13,17H,8-9H2,1-7H3,(H2,33,34,35);6-9,15,32H,4-5H2,1-3H3,(H,27,28)/t17-;15-/m00/s1. The van der Waals surface area contributed by atoms with Crippen molar-refractivity contribution in [1.29, 1.82) is 0 Å². The number of halogens is 4. The van der Waals surface area contributed by atoms with E-state index >= 15 is 0 Å². The monoisotopic (exact) mass is 1020 g/mol. The van der Waals surface area contributed by atoms with E-state index in [-0.39, 0.29) is 129 Å². The number of fused-ring (bicyclic) bond motifs is 4. The molecule has 0 saturated carbocycles. The molecule has 0 spiro atoms. The van der Waals surface area contributed by atoms with Crippen LogP contribution in [0, 0.1) is 37.1 Å². The van der Waals surface area contributed by atoms with Gasteiger partial charge in [0.2, 0.25) is 0 Å². The van der Waals surface area contributed by atoms with E-state index in [9.17, 15) is 51.0 Å². The minimum absolute atomic E-state index is 0.0152. The molecule has 0 radical (unpaired) electrons. The zero-order valence-electron chi connectivity index (χ0n) is 39.8. The van der Waals surface area contributed by atoms with E-state index in [4.69, 9.17) is 23.6 Å². The molecule has 0 fully saturated rings. The Bertz CT molecular complexity index is 3140. The second-order valence-electron chi connectivity index (χ2n) is 17.7. The predicted octanol–water partition coefficient (Wildman–Crippen LogP) is 8.45. The Morgan fingerprint density at radius 2 is 1.29 bits per heavy atom. The van der Waals surface area contributed by atoms with E-state index in [2.05, 4.69) is 9.97 Å². The van der Waals surface area contributed by atoms with Gasteiger partial charge < -0.3 is 48.1 Å². The van der Waals surface area contributed by atoms with Crippen molar-refractivity contribution in [3.63, 3.8) is 0 Å². The van der Waals surface area contributed by atoms with Gasteiger partial charge >= 0.3 is 16.0 Å². The van der Waals surface area contributed by atoms with Crippen LogP contribution < -0.4 is 23.6 Å². The molecule has 0 saturated heterocycles. The smallest absolute Gasteiger partial charge is 0.435 e. The van der Waals surface area contributed by atoms with Crippen molar-refractivity contribution in [2.75, 3.05) is 41.4 Å². The quantitative estimate of drug-likeness (QED) is 0.0820. The van der Waals surface area contributed by atoms with Gasteiger partial charge in [-0.25, -0.2) is 41.0 Å². The number of amides is 2. The summed E-state index contributed by atoms with van der Waals surface area (Å²) in [6.07, 6.45) is -1.28. The van der Waals surface area contributed by atoms with E-state index in [1.165, 1.54) is 28.9 Å². The van der Waals surface area contributed by atoms with Crippen LogP contribution in [0.25, 0.3) is 22.1 Å². The third kappa shape index (κ3) is 9.92. The topological polar surface area (TPSA) is 217 Å². The highest BCUT2D eigenvalue weighted by Crippen LogP contribution is 2.51. The van der Waals surface area contributed by atoms with Gasteiger partial charge in [-0.15, -0.1) is 0 Å². The van der Waals surface area contributed by atoms with Crippen LogP contribution in [0.5, 0.6) is 23.0 Å². The Morgan fingerprint density at radius 1 is 0.771 bits per heavy atom. The molecule has 2 aliphatic heterocycles. The molecule has 2 amide bonds. The van der Waals surface area contributed by atoms with Crippen LogP contribution in [0.4, 0.5) is 17.6 Å². The largest absolute Gasteiger partial charge is 0.493 e. The van der Waals surface area contributed by atoms with Crippen LogP contribution in [-0.2, 0) is 9.13 Å². The molecule has 376 valence electrons. The lowest BCUT2D eigenvalue weighted by atomic mass is 9.85. The van der Waals surface area contributed by atoms with E-state index in [0.717, 1.165) is 33.3 Å². The molecule has 3 N–H and O–H groups in total. The van der Waals surface area contributed by atoms with Gasteiger partial charge in [-0.05, 0) is 43.4 Å². The molecule has 4 aromatic carbocycles. The number of carbonyl (C=O) groups is 2. The number of nitrogens with zero attached hydrogens (tertiary/aromatic N) is 6. The lowest BCUT2D eigenvalue weighted by molar-refractivity contribution is 0.0817. The average Bonchev–Trinajstić information content (AvgIpc) is 3.77. The first-order valence-electron chi connectivity index (χ1n) is 21.9. The van der Waals surface area contributed by atoms with E-state index < -0.39 is 51.5 Å². The zero-order chi connectivity index (χ0) is 51.4. The Morgan fingerprint density at radius 3 is 1.77 bits per heavy atom. The van der Waals surface area contributed by atoms with Crippen LogP contribution in [0.15, 0.2) is 36.4 Å². The Hall–Kier alpha value is -6.18. The molecule has 1 unspecified atom stereocenters. The minimum atomic E-state index is -4.91. The maximum absolute atomic E-state index is 15.0. The Labute approximate surface area is 399 Å². The first-order chi connectivity index (χ1) is 32.8. The lowest BCUT2D eigenvalue weighted by Gasteiger charge is -2.30. The highest BCUT2D eigenvalue weighted by molar-refractivity contribution is 7.50. The van der Waals surface area contributed by atoms with Gasteiger partial charge in [-0.1, -0.05) is 27.7 Å². The molecular formula is C46H52F4N6O12P2. The van der Waals surface area contributed by atoms with Crippen LogP contribution >= 0.6 is 16.0 Å². The normalized spacial score (nSPS) is 15.9. The maximum Gasteiger partial charge on any atom is 0.435 e. The maximum atomic E-state index is 15.0. The molecule has 24 heteroatoms. The summed E-state index contributed by atoms with van der Waals surface area (Å²) in [5, 5.41) is 0. The van der Waals surface area contributed by atoms with Crippen molar-refractivity contribution in [3.8, 4) is 23.0 Å². The van der Waals surface area contributed by atoms with Crippen molar-refractivity contribution in [3.05, 3.63) is 105 Å². The summed E-state index contributed by atoms with van der Waals surface area (Å²) in [7, 11) is -1.97. The molecule has 0 aliphatic carbocycles. The SMILES string of the molecule is Cc1nc2c(O[C@H]3CCOc4cc(F)cc(F)c43)c(C(C)C)c(C(=O)N(C)C)c(C(C)C)c2n1P(=O)(O)O.Cc1nc2c(O[C@H]3CCOc4cc(F)cc(F)c43)cc(C(=O)N(C)C)cc2n1O[PH](=O)O. The number of ether oxygens (including phenoxy) is 4. The molecule has 8 rings (SSSR count).